The minimum Gasteiger partial charge on any atom is -0.457 e. The van der Waals surface area contributed by atoms with Crippen LogP contribution in [0.5, 0.6) is 0 Å². The molecule has 0 aliphatic heterocycles. The summed E-state index contributed by atoms with van der Waals surface area (Å²) < 4.78 is 5.73. The summed E-state index contributed by atoms with van der Waals surface area (Å²) in [5.41, 5.74) is 0. The molecule has 0 amide bonds. The average Bonchev–Trinajstić information content (AvgIpc) is 2.80. The standard InChI is InChI=1S/C12H10Cl2N2O/c1-6-4-7(6)8-2-3-9(17-8)12-15-10(13)5-11(14)16-12/h2-3,5-7H,4H2,1H3. The van der Waals surface area contributed by atoms with Crippen LogP contribution in [0.2, 0.25) is 10.3 Å². The molecule has 0 bridgehead atoms. The highest BCUT2D eigenvalue weighted by molar-refractivity contribution is 6.33. The van der Waals surface area contributed by atoms with Crippen LogP contribution in [-0.4, -0.2) is 9.97 Å². The molecule has 1 aliphatic carbocycles. The van der Waals surface area contributed by atoms with Crippen molar-refractivity contribution in [3.05, 3.63) is 34.3 Å². The fourth-order valence-corrected chi connectivity index (χ4v) is 2.31. The lowest BCUT2D eigenvalue weighted by Gasteiger charge is -1.98. The maximum atomic E-state index is 5.83. The number of aromatic nitrogens is 2. The van der Waals surface area contributed by atoms with Gasteiger partial charge < -0.3 is 4.42 Å². The van der Waals surface area contributed by atoms with Gasteiger partial charge in [0.1, 0.15) is 16.1 Å². The topological polar surface area (TPSA) is 38.9 Å². The third-order valence-corrected chi connectivity index (χ3v) is 3.37. The predicted octanol–water partition coefficient (Wildman–Crippen LogP) is 4.17. The second-order valence-electron chi connectivity index (χ2n) is 4.36. The van der Waals surface area contributed by atoms with Crippen molar-refractivity contribution in [2.24, 2.45) is 5.92 Å². The average molecular weight is 269 g/mol. The summed E-state index contributed by atoms with van der Waals surface area (Å²) >= 11 is 11.7. The minimum atomic E-state index is 0.317. The molecule has 17 heavy (non-hydrogen) atoms. The molecule has 2 atom stereocenters. The van der Waals surface area contributed by atoms with E-state index < -0.39 is 0 Å². The quantitative estimate of drug-likeness (QED) is 0.768. The molecule has 88 valence electrons. The molecule has 0 saturated heterocycles. The zero-order valence-electron chi connectivity index (χ0n) is 9.15. The Morgan fingerprint density at radius 3 is 2.47 bits per heavy atom. The molecular weight excluding hydrogens is 259 g/mol. The maximum Gasteiger partial charge on any atom is 0.198 e. The van der Waals surface area contributed by atoms with Crippen LogP contribution >= 0.6 is 23.2 Å². The monoisotopic (exact) mass is 268 g/mol. The number of halogens is 2. The summed E-state index contributed by atoms with van der Waals surface area (Å²) in [6.07, 6.45) is 1.18. The van der Waals surface area contributed by atoms with E-state index in [2.05, 4.69) is 16.9 Å². The highest BCUT2D eigenvalue weighted by Gasteiger charge is 2.36. The van der Waals surface area contributed by atoms with Crippen molar-refractivity contribution in [3.8, 4) is 11.6 Å². The van der Waals surface area contributed by atoms with Gasteiger partial charge in [0.25, 0.3) is 0 Å². The third-order valence-electron chi connectivity index (χ3n) is 2.99. The zero-order chi connectivity index (χ0) is 12.0. The first-order valence-electron chi connectivity index (χ1n) is 5.43. The second-order valence-corrected chi connectivity index (χ2v) is 5.13. The van der Waals surface area contributed by atoms with E-state index in [0.717, 1.165) is 5.76 Å². The van der Waals surface area contributed by atoms with E-state index in [1.165, 1.54) is 12.5 Å². The smallest absolute Gasteiger partial charge is 0.198 e. The summed E-state index contributed by atoms with van der Waals surface area (Å²) in [5, 5.41) is 0.635. The van der Waals surface area contributed by atoms with E-state index in [9.17, 15) is 0 Å². The molecule has 2 aromatic heterocycles. The Bertz CT molecular complexity index is 547. The van der Waals surface area contributed by atoms with Gasteiger partial charge in [-0.05, 0) is 24.5 Å². The van der Waals surface area contributed by atoms with Crippen molar-refractivity contribution in [3.63, 3.8) is 0 Å². The van der Waals surface area contributed by atoms with Crippen LogP contribution in [0.25, 0.3) is 11.6 Å². The van der Waals surface area contributed by atoms with Gasteiger partial charge in [-0.25, -0.2) is 9.97 Å². The SMILES string of the molecule is CC1CC1c1ccc(-c2nc(Cl)cc(Cl)n2)o1. The lowest BCUT2D eigenvalue weighted by Crippen LogP contribution is -1.88. The van der Waals surface area contributed by atoms with Crippen molar-refractivity contribution < 1.29 is 4.42 Å². The highest BCUT2D eigenvalue weighted by Crippen LogP contribution is 2.47. The molecule has 2 heterocycles. The van der Waals surface area contributed by atoms with Crippen LogP contribution in [0.15, 0.2) is 22.6 Å². The van der Waals surface area contributed by atoms with E-state index in [1.54, 1.807) is 0 Å². The lowest BCUT2D eigenvalue weighted by atomic mass is 10.3. The van der Waals surface area contributed by atoms with Crippen LogP contribution in [0.1, 0.15) is 25.0 Å². The fourth-order valence-electron chi connectivity index (χ4n) is 1.89. The van der Waals surface area contributed by atoms with Crippen LogP contribution in [0, 0.1) is 5.92 Å². The Kier molecular flexibility index (Phi) is 2.60. The van der Waals surface area contributed by atoms with Crippen LogP contribution < -0.4 is 0 Å². The molecule has 1 aliphatic rings. The minimum absolute atomic E-state index is 0.317. The molecule has 5 heteroatoms. The molecule has 3 nitrogen and oxygen atoms in total. The number of hydrogen-bond acceptors (Lipinski definition) is 3. The molecule has 1 saturated carbocycles. The first kappa shape index (κ1) is 11.1. The van der Waals surface area contributed by atoms with Gasteiger partial charge in [-0.15, -0.1) is 0 Å². The summed E-state index contributed by atoms with van der Waals surface area (Å²) in [6.45, 7) is 2.21. The van der Waals surface area contributed by atoms with Gasteiger partial charge in [-0.3, -0.25) is 0 Å². The number of hydrogen-bond donors (Lipinski definition) is 0. The first-order valence-corrected chi connectivity index (χ1v) is 6.19. The summed E-state index contributed by atoms with van der Waals surface area (Å²) in [4.78, 5) is 8.18. The largest absolute Gasteiger partial charge is 0.457 e. The molecular formula is C12H10Cl2N2O. The van der Waals surface area contributed by atoms with Crippen molar-refractivity contribution in [1.29, 1.82) is 0 Å². The molecule has 3 rings (SSSR count). The van der Waals surface area contributed by atoms with Gasteiger partial charge in [0, 0.05) is 12.0 Å². The molecule has 2 aromatic rings. The number of nitrogens with zero attached hydrogens (tertiary/aromatic N) is 2. The highest BCUT2D eigenvalue weighted by atomic mass is 35.5. The number of furan rings is 1. The van der Waals surface area contributed by atoms with Gasteiger partial charge in [0.15, 0.2) is 11.6 Å². The van der Waals surface area contributed by atoms with E-state index in [0.29, 0.717) is 33.7 Å². The normalized spacial score (nSPS) is 22.8. The lowest BCUT2D eigenvalue weighted by molar-refractivity contribution is 0.515. The summed E-state index contributed by atoms with van der Waals surface area (Å²) in [6, 6.07) is 5.34. The molecule has 0 aromatic carbocycles. The van der Waals surface area contributed by atoms with Crippen molar-refractivity contribution in [2.75, 3.05) is 0 Å². The Labute approximate surface area is 109 Å². The molecule has 0 N–H and O–H groups in total. The molecule has 1 fully saturated rings. The maximum absolute atomic E-state index is 5.83. The number of rotatable bonds is 2. The molecule has 0 spiro atoms. The van der Waals surface area contributed by atoms with Gasteiger partial charge in [0.2, 0.25) is 0 Å². The van der Waals surface area contributed by atoms with E-state index >= 15 is 0 Å². The van der Waals surface area contributed by atoms with Crippen LogP contribution in [0.4, 0.5) is 0 Å². The van der Waals surface area contributed by atoms with E-state index in [1.807, 2.05) is 12.1 Å². The van der Waals surface area contributed by atoms with E-state index in [-0.39, 0.29) is 0 Å². The summed E-state index contributed by atoms with van der Waals surface area (Å²) in [7, 11) is 0. The van der Waals surface area contributed by atoms with Gasteiger partial charge >= 0.3 is 0 Å². The molecule has 2 unspecified atom stereocenters. The zero-order valence-corrected chi connectivity index (χ0v) is 10.7. The van der Waals surface area contributed by atoms with Crippen molar-refractivity contribution >= 4 is 23.2 Å². The molecule has 0 radical (unpaired) electrons. The van der Waals surface area contributed by atoms with Gasteiger partial charge in [-0.1, -0.05) is 30.1 Å². The summed E-state index contributed by atoms with van der Waals surface area (Å²) in [5.74, 6) is 3.29. The predicted molar refractivity (Wildman–Crippen MR) is 66.3 cm³/mol. The fraction of sp³-hybridized carbons (Fsp3) is 0.333. The van der Waals surface area contributed by atoms with Crippen LogP contribution in [0.3, 0.4) is 0 Å². The van der Waals surface area contributed by atoms with Gasteiger partial charge in [0.05, 0.1) is 0 Å². The Morgan fingerprint density at radius 2 is 1.88 bits per heavy atom. The first-order chi connectivity index (χ1) is 8.13. The Balaban J connectivity index is 1.95. The van der Waals surface area contributed by atoms with Crippen molar-refractivity contribution in [2.45, 2.75) is 19.3 Å². The third kappa shape index (κ3) is 2.17. The Morgan fingerprint density at radius 1 is 1.24 bits per heavy atom. The van der Waals surface area contributed by atoms with E-state index in [4.69, 9.17) is 27.6 Å². The van der Waals surface area contributed by atoms with Crippen LogP contribution in [-0.2, 0) is 0 Å². The Hall–Kier alpha value is -1.06. The van der Waals surface area contributed by atoms with Crippen molar-refractivity contribution in [1.82, 2.24) is 9.97 Å². The van der Waals surface area contributed by atoms with Gasteiger partial charge in [-0.2, -0.15) is 0 Å². The second kappa shape index (κ2) is 4.00.